The highest BCUT2D eigenvalue weighted by Crippen LogP contribution is 2.13. The molecule has 0 unspecified atom stereocenters. The third-order valence-corrected chi connectivity index (χ3v) is 2.91. The highest BCUT2D eigenvalue weighted by molar-refractivity contribution is 5.96. The monoisotopic (exact) mass is 278 g/mol. The fraction of sp³-hybridized carbons (Fsp3) is 0.462. The van der Waals surface area contributed by atoms with E-state index in [4.69, 9.17) is 4.74 Å². The first kappa shape index (κ1) is 14.1. The van der Waals surface area contributed by atoms with Crippen LogP contribution in [0.1, 0.15) is 17.3 Å². The van der Waals surface area contributed by atoms with Gasteiger partial charge in [0.2, 0.25) is 5.88 Å². The molecule has 1 fully saturated rings. The molecule has 2 N–H and O–H groups in total. The summed E-state index contributed by atoms with van der Waals surface area (Å²) in [6.07, 6.45) is 1.58. The van der Waals surface area contributed by atoms with Crippen LogP contribution in [0.5, 0.6) is 5.88 Å². The Morgan fingerprint density at radius 1 is 1.60 bits per heavy atom. The fourth-order valence-electron chi connectivity index (χ4n) is 1.94. The molecule has 0 spiro atoms. The van der Waals surface area contributed by atoms with Crippen molar-refractivity contribution in [2.45, 2.75) is 6.92 Å². The summed E-state index contributed by atoms with van der Waals surface area (Å²) in [5.41, 5.74) is 0.403. The maximum Gasteiger partial charge on any atom is 0.317 e. The van der Waals surface area contributed by atoms with Crippen LogP contribution in [0.2, 0.25) is 0 Å². The number of pyridine rings is 1. The molecule has 0 radical (unpaired) electrons. The predicted octanol–water partition coefficient (Wildman–Crippen LogP) is 0.235. The molecule has 1 aromatic rings. The van der Waals surface area contributed by atoms with E-state index in [9.17, 15) is 9.59 Å². The summed E-state index contributed by atoms with van der Waals surface area (Å²) in [6, 6.07) is 3.26. The van der Waals surface area contributed by atoms with Gasteiger partial charge in [0.1, 0.15) is 5.56 Å². The van der Waals surface area contributed by atoms with Crippen molar-refractivity contribution >= 4 is 11.9 Å². The van der Waals surface area contributed by atoms with Crippen LogP contribution >= 0.6 is 0 Å². The molecule has 1 aliphatic heterocycles. The van der Waals surface area contributed by atoms with Crippen LogP contribution in [0, 0.1) is 0 Å². The van der Waals surface area contributed by atoms with Crippen LogP contribution in [0.4, 0.5) is 4.79 Å². The van der Waals surface area contributed by atoms with Gasteiger partial charge in [-0.3, -0.25) is 4.79 Å². The number of amides is 3. The number of carbonyl (C=O) groups excluding carboxylic acids is 2. The van der Waals surface area contributed by atoms with Gasteiger partial charge in [-0.25, -0.2) is 9.78 Å². The number of carbonyl (C=O) groups is 2. The van der Waals surface area contributed by atoms with E-state index in [1.165, 1.54) is 0 Å². The zero-order chi connectivity index (χ0) is 14.4. The minimum atomic E-state index is -0.249. The third kappa shape index (κ3) is 3.37. The zero-order valence-corrected chi connectivity index (χ0v) is 11.4. The SMILES string of the molecule is CCOc1ncccc1C(=O)NCCN1CCNC1=O. The molecule has 7 heteroatoms. The van der Waals surface area contributed by atoms with Crippen molar-refractivity contribution in [3.63, 3.8) is 0 Å². The van der Waals surface area contributed by atoms with Gasteiger partial charge in [-0.15, -0.1) is 0 Å². The lowest BCUT2D eigenvalue weighted by Gasteiger charge is -2.14. The van der Waals surface area contributed by atoms with E-state index < -0.39 is 0 Å². The van der Waals surface area contributed by atoms with Gasteiger partial charge >= 0.3 is 6.03 Å². The van der Waals surface area contributed by atoms with E-state index in [1.54, 1.807) is 23.2 Å². The first-order chi connectivity index (χ1) is 9.72. The van der Waals surface area contributed by atoms with Crippen molar-refractivity contribution in [2.75, 3.05) is 32.8 Å². The van der Waals surface area contributed by atoms with Crippen LogP contribution in [0.15, 0.2) is 18.3 Å². The summed E-state index contributed by atoms with van der Waals surface area (Å²) in [5, 5.41) is 5.47. The number of hydrogen-bond acceptors (Lipinski definition) is 4. The minimum absolute atomic E-state index is 0.0874. The third-order valence-electron chi connectivity index (χ3n) is 2.91. The molecular weight excluding hydrogens is 260 g/mol. The Hall–Kier alpha value is -2.31. The molecule has 1 saturated heterocycles. The summed E-state index contributed by atoms with van der Waals surface area (Å²) >= 11 is 0. The Bertz CT molecular complexity index is 492. The first-order valence-corrected chi connectivity index (χ1v) is 6.61. The van der Waals surface area contributed by atoms with Gasteiger partial charge in [-0.05, 0) is 19.1 Å². The van der Waals surface area contributed by atoms with Crippen molar-refractivity contribution in [3.05, 3.63) is 23.9 Å². The number of rotatable bonds is 6. The molecular formula is C13H18N4O3. The van der Waals surface area contributed by atoms with Crippen LogP contribution in [0.3, 0.4) is 0 Å². The normalized spacial score (nSPS) is 14.1. The molecule has 0 aliphatic carbocycles. The second-order valence-electron chi connectivity index (χ2n) is 4.26. The number of nitrogens with zero attached hydrogens (tertiary/aromatic N) is 2. The molecule has 108 valence electrons. The number of hydrogen-bond donors (Lipinski definition) is 2. The smallest absolute Gasteiger partial charge is 0.317 e. The first-order valence-electron chi connectivity index (χ1n) is 6.61. The van der Waals surface area contributed by atoms with Gasteiger partial charge in [-0.2, -0.15) is 0 Å². The Morgan fingerprint density at radius 2 is 2.45 bits per heavy atom. The summed E-state index contributed by atoms with van der Waals surface area (Å²) in [7, 11) is 0. The Morgan fingerprint density at radius 3 is 3.15 bits per heavy atom. The fourth-order valence-corrected chi connectivity index (χ4v) is 1.94. The number of urea groups is 1. The maximum absolute atomic E-state index is 12.0. The van der Waals surface area contributed by atoms with Gasteiger partial charge in [0.15, 0.2) is 0 Å². The number of nitrogens with one attached hydrogen (secondary N) is 2. The second-order valence-corrected chi connectivity index (χ2v) is 4.26. The second kappa shape index (κ2) is 6.74. The molecule has 2 rings (SSSR count). The standard InChI is InChI=1S/C13H18N4O3/c1-2-20-12-10(4-3-5-15-12)11(18)14-6-8-17-9-7-16-13(17)19/h3-5H,2,6-9H2,1H3,(H,14,18)(H,16,19). The molecule has 7 nitrogen and oxygen atoms in total. The molecule has 1 aliphatic rings. The average molecular weight is 278 g/mol. The highest BCUT2D eigenvalue weighted by Gasteiger charge is 2.19. The van der Waals surface area contributed by atoms with Gasteiger partial charge < -0.3 is 20.3 Å². The minimum Gasteiger partial charge on any atom is -0.477 e. The van der Waals surface area contributed by atoms with Gasteiger partial charge in [0, 0.05) is 32.4 Å². The van der Waals surface area contributed by atoms with E-state index in [2.05, 4.69) is 15.6 Å². The Kier molecular flexibility index (Phi) is 4.75. The lowest BCUT2D eigenvalue weighted by atomic mass is 10.2. The quantitative estimate of drug-likeness (QED) is 0.780. The van der Waals surface area contributed by atoms with E-state index in [-0.39, 0.29) is 11.9 Å². The Balaban J connectivity index is 1.87. The van der Waals surface area contributed by atoms with E-state index in [0.717, 1.165) is 0 Å². The summed E-state index contributed by atoms with van der Waals surface area (Å²) in [5.74, 6) is 0.0765. The van der Waals surface area contributed by atoms with Crippen molar-refractivity contribution in [2.24, 2.45) is 0 Å². The Labute approximate surface area is 117 Å². The summed E-state index contributed by atoms with van der Waals surface area (Å²) < 4.78 is 5.31. The molecule has 1 aromatic heterocycles. The van der Waals surface area contributed by atoms with E-state index in [1.807, 2.05) is 6.92 Å². The molecule has 0 bridgehead atoms. The maximum atomic E-state index is 12.0. The summed E-state index contributed by atoms with van der Waals surface area (Å²) in [6.45, 7) is 4.50. The molecule has 0 atom stereocenters. The molecule has 0 aromatic carbocycles. The summed E-state index contributed by atoms with van der Waals surface area (Å²) in [4.78, 5) is 29.1. The van der Waals surface area contributed by atoms with Crippen molar-refractivity contribution in [3.8, 4) is 5.88 Å². The van der Waals surface area contributed by atoms with Crippen molar-refractivity contribution < 1.29 is 14.3 Å². The molecule has 0 saturated carbocycles. The molecule has 3 amide bonds. The van der Waals surface area contributed by atoms with Crippen molar-refractivity contribution in [1.82, 2.24) is 20.5 Å². The van der Waals surface area contributed by atoms with Crippen molar-refractivity contribution in [1.29, 1.82) is 0 Å². The van der Waals surface area contributed by atoms with Crippen LogP contribution in [-0.4, -0.2) is 54.6 Å². The lowest BCUT2D eigenvalue weighted by molar-refractivity contribution is 0.0945. The number of ether oxygens (including phenoxy) is 1. The molecule has 2 heterocycles. The molecule has 20 heavy (non-hydrogen) atoms. The lowest BCUT2D eigenvalue weighted by Crippen LogP contribution is -2.36. The van der Waals surface area contributed by atoms with Gasteiger partial charge in [-0.1, -0.05) is 0 Å². The van der Waals surface area contributed by atoms with E-state index in [0.29, 0.717) is 44.2 Å². The zero-order valence-electron chi connectivity index (χ0n) is 11.4. The largest absolute Gasteiger partial charge is 0.477 e. The van der Waals surface area contributed by atoms with Crippen LogP contribution < -0.4 is 15.4 Å². The number of aromatic nitrogens is 1. The predicted molar refractivity (Wildman–Crippen MR) is 72.7 cm³/mol. The van der Waals surface area contributed by atoms with E-state index >= 15 is 0 Å². The topological polar surface area (TPSA) is 83.6 Å². The van der Waals surface area contributed by atoms with Gasteiger partial charge in [0.25, 0.3) is 5.91 Å². The van der Waals surface area contributed by atoms with Gasteiger partial charge in [0.05, 0.1) is 6.61 Å². The van der Waals surface area contributed by atoms with Crippen LogP contribution in [0.25, 0.3) is 0 Å². The van der Waals surface area contributed by atoms with Crippen LogP contribution in [-0.2, 0) is 0 Å². The average Bonchev–Trinajstić information content (AvgIpc) is 2.85. The highest BCUT2D eigenvalue weighted by atomic mass is 16.5.